The fourth-order valence-corrected chi connectivity index (χ4v) is 6.44. The van der Waals surface area contributed by atoms with E-state index in [1.54, 1.807) is 0 Å². The highest BCUT2D eigenvalue weighted by Gasteiger charge is 2.57. The number of nitrogens with zero attached hydrogens (tertiary/aromatic N) is 1. The summed E-state index contributed by atoms with van der Waals surface area (Å²) in [6.45, 7) is 8.18. The number of hydrogen-bond acceptors (Lipinski definition) is 5. The minimum absolute atomic E-state index is 0.0945. The molecule has 0 aromatic carbocycles. The van der Waals surface area contributed by atoms with Crippen molar-refractivity contribution < 1.29 is 22.7 Å². The number of rotatable bonds is 4. The average molecular weight is 397 g/mol. The Morgan fingerprint density at radius 2 is 2.00 bits per heavy atom. The van der Waals surface area contributed by atoms with Crippen LogP contribution in [-0.4, -0.2) is 56.1 Å². The molecule has 2 bridgehead atoms. The first-order valence-electron chi connectivity index (χ1n) is 9.68. The van der Waals surface area contributed by atoms with Crippen LogP contribution in [0.1, 0.15) is 44.1 Å². The molecule has 3 aliphatic carbocycles. The third kappa shape index (κ3) is 3.11. The summed E-state index contributed by atoms with van der Waals surface area (Å²) in [6, 6.07) is 1.38. The van der Waals surface area contributed by atoms with Crippen LogP contribution in [0.2, 0.25) is 0 Å². The normalized spacial score (nSPS) is 33.3. The summed E-state index contributed by atoms with van der Waals surface area (Å²) in [6.07, 6.45) is 3.37. The van der Waals surface area contributed by atoms with E-state index in [4.69, 9.17) is 9.47 Å². The largest absolute Gasteiger partial charge is 0.457 e. The smallest absolute Gasteiger partial charge is 0.355 e. The molecule has 1 aromatic heterocycles. The van der Waals surface area contributed by atoms with E-state index in [1.165, 1.54) is 23.0 Å². The molecule has 0 amide bonds. The van der Waals surface area contributed by atoms with E-state index in [1.807, 2.05) is 0 Å². The minimum atomic E-state index is -3.62. The maximum atomic E-state index is 12.7. The monoisotopic (exact) mass is 396 g/mol. The van der Waals surface area contributed by atoms with Crippen LogP contribution in [0.15, 0.2) is 17.2 Å². The van der Waals surface area contributed by atoms with E-state index in [9.17, 15) is 13.2 Å². The molecule has 3 saturated carbocycles. The van der Waals surface area contributed by atoms with Crippen molar-refractivity contribution in [2.75, 3.05) is 26.3 Å². The molecule has 27 heavy (non-hydrogen) atoms. The second-order valence-corrected chi connectivity index (χ2v) is 10.6. The summed E-state index contributed by atoms with van der Waals surface area (Å²) in [7, 11) is -3.62. The van der Waals surface area contributed by atoms with E-state index in [0.717, 1.165) is 6.42 Å². The van der Waals surface area contributed by atoms with Gasteiger partial charge in [0.05, 0.1) is 13.2 Å². The number of carbonyl (C=O) groups is 1. The van der Waals surface area contributed by atoms with Gasteiger partial charge in [-0.2, -0.15) is 4.31 Å². The predicted molar refractivity (Wildman–Crippen MR) is 98.7 cm³/mol. The van der Waals surface area contributed by atoms with Gasteiger partial charge in [0.2, 0.25) is 10.0 Å². The number of morpholine rings is 1. The van der Waals surface area contributed by atoms with E-state index >= 15 is 0 Å². The van der Waals surface area contributed by atoms with Gasteiger partial charge < -0.3 is 14.5 Å². The molecular weight excluding hydrogens is 368 g/mol. The van der Waals surface area contributed by atoms with Crippen molar-refractivity contribution in [3.8, 4) is 0 Å². The molecule has 1 aromatic rings. The lowest BCUT2D eigenvalue weighted by atomic mass is 9.45. The molecule has 5 rings (SSSR count). The highest BCUT2D eigenvalue weighted by atomic mass is 32.2. The number of aromatic amines is 1. The number of hydrogen-bond donors (Lipinski definition) is 1. The molecule has 0 unspecified atom stereocenters. The fraction of sp³-hybridized carbons (Fsp3) is 0.737. The Labute approximate surface area is 160 Å². The lowest BCUT2D eigenvalue weighted by Gasteiger charge is -2.61. The fourth-order valence-electron chi connectivity index (χ4n) is 5.04. The summed E-state index contributed by atoms with van der Waals surface area (Å²) in [4.78, 5) is 15.5. The maximum Gasteiger partial charge on any atom is 0.355 e. The van der Waals surface area contributed by atoms with Crippen LogP contribution >= 0.6 is 0 Å². The van der Waals surface area contributed by atoms with Gasteiger partial charge in [0.25, 0.3) is 0 Å². The summed E-state index contributed by atoms with van der Waals surface area (Å²) in [5.74, 6) is 1.02. The first kappa shape index (κ1) is 19.0. The van der Waals surface area contributed by atoms with Gasteiger partial charge in [0.1, 0.15) is 16.7 Å². The number of carbonyl (C=O) groups excluding carboxylic acids is 1. The molecule has 0 spiro atoms. The van der Waals surface area contributed by atoms with Gasteiger partial charge in [-0.05, 0) is 42.1 Å². The van der Waals surface area contributed by atoms with Crippen LogP contribution in [0.5, 0.6) is 0 Å². The highest BCUT2D eigenvalue weighted by molar-refractivity contribution is 7.89. The molecule has 1 N–H and O–H groups in total. The van der Waals surface area contributed by atoms with Crippen molar-refractivity contribution in [1.82, 2.24) is 9.29 Å². The zero-order valence-corrected chi connectivity index (χ0v) is 16.9. The molecule has 0 radical (unpaired) electrons. The Kier molecular flexibility index (Phi) is 4.63. The third-order valence-corrected chi connectivity index (χ3v) is 8.90. The average Bonchev–Trinajstić information content (AvgIpc) is 3.14. The van der Waals surface area contributed by atoms with Crippen LogP contribution < -0.4 is 0 Å². The number of H-pyrrole nitrogens is 1. The van der Waals surface area contributed by atoms with E-state index in [0.29, 0.717) is 49.5 Å². The van der Waals surface area contributed by atoms with Gasteiger partial charge in [-0.25, -0.2) is 13.2 Å². The molecule has 1 aliphatic heterocycles. The third-order valence-electron chi connectivity index (χ3n) is 7.03. The molecule has 4 fully saturated rings. The van der Waals surface area contributed by atoms with Crippen LogP contribution in [0.25, 0.3) is 0 Å². The molecule has 7 nitrogen and oxygen atoms in total. The topological polar surface area (TPSA) is 88.7 Å². The predicted octanol–water partition coefficient (Wildman–Crippen LogP) is 2.26. The Hall–Kier alpha value is -1.38. The van der Waals surface area contributed by atoms with Crippen molar-refractivity contribution in [3.05, 3.63) is 18.0 Å². The van der Waals surface area contributed by atoms with E-state index in [-0.39, 0.29) is 16.7 Å². The zero-order chi connectivity index (χ0) is 19.4. The number of sulfonamides is 1. The van der Waals surface area contributed by atoms with Crippen molar-refractivity contribution >= 4 is 16.0 Å². The van der Waals surface area contributed by atoms with Gasteiger partial charge in [-0.3, -0.25) is 0 Å². The standard InChI is InChI=1S/C19H28N2O5S/c1-12-15-8-13(19(15,2)3)9-17(12)26-18(22)16-10-14(11-20-16)27(23,24)21-4-6-25-7-5-21/h10-13,15,17,20H,4-9H2,1-3H3/t12-,13+,15+,17-/m0/s1. The number of ether oxygens (including phenoxy) is 2. The van der Waals surface area contributed by atoms with Crippen molar-refractivity contribution in [2.24, 2.45) is 23.2 Å². The van der Waals surface area contributed by atoms with E-state index in [2.05, 4.69) is 25.8 Å². The molecule has 4 atom stereocenters. The summed E-state index contributed by atoms with van der Waals surface area (Å²) >= 11 is 0. The minimum Gasteiger partial charge on any atom is -0.457 e. The second kappa shape index (κ2) is 6.60. The van der Waals surface area contributed by atoms with Crippen LogP contribution in [-0.2, 0) is 19.5 Å². The lowest BCUT2D eigenvalue weighted by molar-refractivity contribution is -0.156. The van der Waals surface area contributed by atoms with Gasteiger partial charge in [-0.1, -0.05) is 20.8 Å². The molecule has 8 heteroatoms. The number of fused-ring (bicyclic) bond motifs is 2. The van der Waals surface area contributed by atoms with Crippen molar-refractivity contribution in [2.45, 2.75) is 44.6 Å². The van der Waals surface area contributed by atoms with Gasteiger partial charge >= 0.3 is 5.97 Å². The number of nitrogens with one attached hydrogen (secondary N) is 1. The Balaban J connectivity index is 1.44. The SMILES string of the molecule is C[C@@H]1[C@@H](OC(=O)c2cc(S(=O)(=O)N3CCOCC3)c[nH]2)C[C@H]2C[C@H]1C2(C)C. The van der Waals surface area contributed by atoms with Gasteiger partial charge in [-0.15, -0.1) is 0 Å². The molecule has 2 heterocycles. The number of aromatic nitrogens is 1. The van der Waals surface area contributed by atoms with E-state index < -0.39 is 16.0 Å². The quantitative estimate of drug-likeness (QED) is 0.789. The molecule has 1 saturated heterocycles. The van der Waals surface area contributed by atoms with Crippen LogP contribution in [0, 0.1) is 23.2 Å². The Morgan fingerprint density at radius 1 is 1.30 bits per heavy atom. The van der Waals surface area contributed by atoms with Crippen LogP contribution in [0.3, 0.4) is 0 Å². The van der Waals surface area contributed by atoms with Crippen molar-refractivity contribution in [1.29, 1.82) is 0 Å². The second-order valence-electron chi connectivity index (χ2n) is 8.66. The molecule has 4 aliphatic rings. The summed E-state index contributed by atoms with van der Waals surface area (Å²) in [5.41, 5.74) is 0.515. The maximum absolute atomic E-state index is 12.7. The van der Waals surface area contributed by atoms with Crippen molar-refractivity contribution in [3.63, 3.8) is 0 Å². The van der Waals surface area contributed by atoms with Crippen LogP contribution in [0.4, 0.5) is 0 Å². The number of esters is 1. The molecular formula is C19H28N2O5S. The lowest BCUT2D eigenvalue weighted by Crippen LogP contribution is -2.57. The summed E-state index contributed by atoms with van der Waals surface area (Å²) < 4.78 is 37.7. The Morgan fingerprint density at radius 3 is 2.63 bits per heavy atom. The van der Waals surface area contributed by atoms with Gasteiger partial charge in [0.15, 0.2) is 0 Å². The zero-order valence-electron chi connectivity index (χ0n) is 16.1. The first-order valence-corrected chi connectivity index (χ1v) is 11.1. The van der Waals surface area contributed by atoms with Gasteiger partial charge in [0, 0.05) is 19.3 Å². The first-order chi connectivity index (χ1) is 12.7. The summed E-state index contributed by atoms with van der Waals surface area (Å²) in [5, 5.41) is 0. The Bertz CT molecular complexity index is 825. The molecule has 150 valence electrons. The highest BCUT2D eigenvalue weighted by Crippen LogP contribution is 2.61.